The van der Waals surface area contributed by atoms with E-state index in [2.05, 4.69) is 5.10 Å². The number of thiophene rings is 1. The fraction of sp³-hybridized carbons (Fsp3) is 0.200. The van der Waals surface area contributed by atoms with Crippen LogP contribution in [0.1, 0.15) is 28.1 Å². The van der Waals surface area contributed by atoms with E-state index < -0.39 is 0 Å². The molecule has 0 unspecified atom stereocenters. The van der Waals surface area contributed by atoms with Crippen LogP contribution in [0.15, 0.2) is 40.8 Å². The number of benzene rings is 1. The highest BCUT2D eigenvalue weighted by atomic mass is 35.5. The predicted octanol–water partition coefficient (Wildman–Crippen LogP) is 4.70. The summed E-state index contributed by atoms with van der Waals surface area (Å²) < 4.78 is 0. The Bertz CT molecular complexity index is 698. The number of carbonyl (C=O) groups is 1. The summed E-state index contributed by atoms with van der Waals surface area (Å²) in [5.74, 6) is -0.0535. The second kappa shape index (κ2) is 6.18. The van der Waals surface area contributed by atoms with Crippen molar-refractivity contribution in [3.8, 4) is 0 Å². The van der Waals surface area contributed by atoms with E-state index in [4.69, 9.17) is 23.2 Å². The van der Waals surface area contributed by atoms with Crippen molar-refractivity contribution in [2.75, 3.05) is 6.54 Å². The number of hydrogen-bond acceptors (Lipinski definition) is 3. The second-order valence-electron chi connectivity index (χ2n) is 4.68. The van der Waals surface area contributed by atoms with Gasteiger partial charge in [-0.1, -0.05) is 35.3 Å². The number of hydrogen-bond donors (Lipinski definition) is 0. The molecule has 0 N–H and O–H groups in total. The lowest BCUT2D eigenvalue weighted by molar-refractivity contribution is 0.0756. The average Bonchev–Trinajstić information content (AvgIpc) is 3.04. The molecule has 0 bridgehead atoms. The van der Waals surface area contributed by atoms with E-state index in [1.807, 2.05) is 23.6 Å². The third-order valence-electron chi connectivity index (χ3n) is 3.24. The quantitative estimate of drug-likeness (QED) is 0.781. The first-order valence-electron chi connectivity index (χ1n) is 6.53. The molecule has 0 atom stereocenters. The van der Waals surface area contributed by atoms with Crippen molar-refractivity contribution in [2.24, 2.45) is 5.10 Å². The van der Waals surface area contributed by atoms with E-state index in [0.29, 0.717) is 21.5 Å². The van der Waals surface area contributed by atoms with E-state index >= 15 is 0 Å². The van der Waals surface area contributed by atoms with Gasteiger partial charge in [0.1, 0.15) is 0 Å². The lowest BCUT2D eigenvalue weighted by Gasteiger charge is -2.23. The largest absolute Gasteiger partial charge is 0.284 e. The van der Waals surface area contributed by atoms with Crippen LogP contribution in [0, 0.1) is 0 Å². The number of amides is 1. The third kappa shape index (κ3) is 3.12. The summed E-state index contributed by atoms with van der Waals surface area (Å²) in [5.41, 5.74) is 1.78. The van der Waals surface area contributed by atoms with Gasteiger partial charge in [-0.05, 0) is 42.0 Å². The van der Waals surface area contributed by atoms with Gasteiger partial charge in [0.2, 0.25) is 0 Å². The standard InChI is InChI=1S/C15H12Cl2N2OS/c16-11-6-5-10(9-12(11)17)13-3-1-7-19(18-13)15(20)14-4-2-8-21-14/h2,4-6,8-9H,1,3,7H2. The molecule has 108 valence electrons. The van der Waals surface area contributed by atoms with Gasteiger partial charge in [0.25, 0.3) is 5.91 Å². The molecule has 0 saturated carbocycles. The van der Waals surface area contributed by atoms with Crippen LogP contribution in [-0.2, 0) is 0 Å². The zero-order valence-electron chi connectivity index (χ0n) is 11.1. The zero-order valence-corrected chi connectivity index (χ0v) is 13.4. The molecule has 2 heterocycles. The topological polar surface area (TPSA) is 32.7 Å². The van der Waals surface area contributed by atoms with Gasteiger partial charge < -0.3 is 0 Å². The Labute approximate surface area is 136 Å². The van der Waals surface area contributed by atoms with Gasteiger partial charge in [-0.2, -0.15) is 5.10 Å². The van der Waals surface area contributed by atoms with Crippen LogP contribution in [-0.4, -0.2) is 23.2 Å². The van der Waals surface area contributed by atoms with Gasteiger partial charge >= 0.3 is 0 Å². The smallest absolute Gasteiger partial charge is 0.266 e. The first-order chi connectivity index (χ1) is 10.1. The molecule has 1 amide bonds. The number of hydrazone groups is 1. The molecular formula is C15H12Cl2N2OS. The molecule has 2 aromatic rings. The van der Waals surface area contributed by atoms with Crippen molar-refractivity contribution in [3.05, 3.63) is 56.2 Å². The summed E-state index contributed by atoms with van der Waals surface area (Å²) in [6, 6.07) is 9.11. The maximum absolute atomic E-state index is 12.3. The molecule has 1 aliphatic heterocycles. The van der Waals surface area contributed by atoms with Crippen molar-refractivity contribution in [1.82, 2.24) is 5.01 Å². The summed E-state index contributed by atoms with van der Waals surface area (Å²) in [4.78, 5) is 13.0. The van der Waals surface area contributed by atoms with Crippen LogP contribution in [0.3, 0.4) is 0 Å². The van der Waals surface area contributed by atoms with E-state index in [1.165, 1.54) is 16.3 Å². The molecule has 1 aromatic heterocycles. The highest BCUT2D eigenvalue weighted by molar-refractivity contribution is 7.12. The summed E-state index contributed by atoms with van der Waals surface area (Å²) >= 11 is 13.4. The lowest BCUT2D eigenvalue weighted by Crippen LogP contribution is -2.31. The van der Waals surface area contributed by atoms with Gasteiger partial charge in [-0.3, -0.25) is 4.79 Å². The van der Waals surface area contributed by atoms with Gasteiger partial charge in [0, 0.05) is 6.54 Å². The van der Waals surface area contributed by atoms with E-state index in [1.54, 1.807) is 12.1 Å². The number of nitrogens with zero attached hydrogens (tertiary/aromatic N) is 2. The molecule has 3 rings (SSSR count). The molecular weight excluding hydrogens is 327 g/mol. The molecule has 21 heavy (non-hydrogen) atoms. The van der Waals surface area contributed by atoms with Gasteiger partial charge in [0.15, 0.2) is 0 Å². The minimum Gasteiger partial charge on any atom is -0.266 e. The summed E-state index contributed by atoms with van der Waals surface area (Å²) in [7, 11) is 0. The van der Waals surface area contributed by atoms with Crippen LogP contribution in [0.25, 0.3) is 0 Å². The first kappa shape index (κ1) is 14.6. The van der Waals surface area contributed by atoms with Crippen molar-refractivity contribution < 1.29 is 4.79 Å². The molecule has 0 spiro atoms. The molecule has 6 heteroatoms. The Balaban J connectivity index is 1.89. The van der Waals surface area contributed by atoms with Crippen LogP contribution < -0.4 is 0 Å². The number of halogens is 2. The molecule has 3 nitrogen and oxygen atoms in total. The van der Waals surface area contributed by atoms with E-state index in [-0.39, 0.29) is 5.91 Å². The second-order valence-corrected chi connectivity index (χ2v) is 6.45. The Morgan fingerprint density at radius 1 is 1.24 bits per heavy atom. The average molecular weight is 339 g/mol. The minimum atomic E-state index is -0.0535. The maximum Gasteiger partial charge on any atom is 0.284 e. The first-order valence-corrected chi connectivity index (χ1v) is 8.17. The highest BCUT2D eigenvalue weighted by Gasteiger charge is 2.21. The van der Waals surface area contributed by atoms with Crippen LogP contribution in [0.4, 0.5) is 0 Å². The lowest BCUT2D eigenvalue weighted by atomic mass is 10.0. The minimum absolute atomic E-state index is 0.0535. The molecule has 0 saturated heterocycles. The molecule has 1 aromatic carbocycles. The Hall–Kier alpha value is -1.36. The monoisotopic (exact) mass is 338 g/mol. The fourth-order valence-corrected chi connectivity index (χ4v) is 3.16. The van der Waals surface area contributed by atoms with Gasteiger partial charge in [0.05, 0.1) is 20.6 Å². The molecule has 0 aliphatic carbocycles. The van der Waals surface area contributed by atoms with Crippen molar-refractivity contribution in [2.45, 2.75) is 12.8 Å². The Morgan fingerprint density at radius 3 is 2.81 bits per heavy atom. The fourth-order valence-electron chi connectivity index (χ4n) is 2.19. The highest BCUT2D eigenvalue weighted by Crippen LogP contribution is 2.25. The van der Waals surface area contributed by atoms with Crippen LogP contribution >= 0.6 is 34.5 Å². The molecule has 0 radical (unpaired) electrons. The summed E-state index contributed by atoms with van der Waals surface area (Å²) in [6.07, 6.45) is 1.71. The Morgan fingerprint density at radius 2 is 2.10 bits per heavy atom. The summed E-state index contributed by atoms with van der Waals surface area (Å²) in [6.45, 7) is 0.640. The number of carbonyl (C=O) groups excluding carboxylic acids is 1. The zero-order chi connectivity index (χ0) is 14.8. The van der Waals surface area contributed by atoms with E-state index in [0.717, 1.165) is 24.1 Å². The van der Waals surface area contributed by atoms with Crippen LogP contribution in [0.5, 0.6) is 0 Å². The van der Waals surface area contributed by atoms with Gasteiger partial charge in [-0.15, -0.1) is 11.3 Å². The molecule has 1 aliphatic rings. The van der Waals surface area contributed by atoms with Crippen molar-refractivity contribution in [3.63, 3.8) is 0 Å². The third-order valence-corrected chi connectivity index (χ3v) is 4.84. The van der Waals surface area contributed by atoms with Crippen molar-refractivity contribution >= 4 is 46.2 Å². The Kier molecular flexibility index (Phi) is 4.29. The van der Waals surface area contributed by atoms with E-state index in [9.17, 15) is 4.79 Å². The SMILES string of the molecule is O=C(c1cccs1)N1CCCC(c2ccc(Cl)c(Cl)c2)=N1. The van der Waals surface area contributed by atoms with Crippen LogP contribution in [0.2, 0.25) is 10.0 Å². The maximum atomic E-state index is 12.3. The van der Waals surface area contributed by atoms with Gasteiger partial charge in [-0.25, -0.2) is 5.01 Å². The number of rotatable bonds is 2. The molecule has 0 fully saturated rings. The summed E-state index contributed by atoms with van der Waals surface area (Å²) in [5, 5.41) is 8.92. The van der Waals surface area contributed by atoms with Crippen molar-refractivity contribution in [1.29, 1.82) is 0 Å². The predicted molar refractivity (Wildman–Crippen MR) is 87.6 cm³/mol. The normalized spacial score (nSPS) is 15.0.